The molecule has 1 aliphatic heterocycles. The number of allylic oxidation sites excluding steroid dienone is 2. The van der Waals surface area contributed by atoms with Gasteiger partial charge < -0.3 is 10.1 Å². The Hall–Kier alpha value is -2.96. The molecule has 0 radical (unpaired) electrons. The molecule has 28 heavy (non-hydrogen) atoms. The van der Waals surface area contributed by atoms with Crippen molar-refractivity contribution >= 4 is 23.7 Å². The molecule has 1 saturated heterocycles. The molecular weight excluding hydrogens is 360 g/mol. The molecular formula is C21H24N2O5. The van der Waals surface area contributed by atoms with Crippen LogP contribution in [0.2, 0.25) is 0 Å². The molecule has 0 saturated carbocycles. The summed E-state index contributed by atoms with van der Waals surface area (Å²) in [7, 11) is 0. The number of nitrogens with zero attached hydrogens (tertiary/aromatic N) is 1. The van der Waals surface area contributed by atoms with Crippen LogP contribution < -0.4 is 5.32 Å². The quantitative estimate of drug-likeness (QED) is 0.458. The van der Waals surface area contributed by atoms with E-state index in [4.69, 9.17) is 4.74 Å². The summed E-state index contributed by atoms with van der Waals surface area (Å²) in [6.07, 6.45) is 4.79. The first kappa shape index (κ1) is 19.8. The molecule has 0 unspecified atom stereocenters. The van der Waals surface area contributed by atoms with E-state index >= 15 is 0 Å². The van der Waals surface area contributed by atoms with Gasteiger partial charge in [-0.3, -0.25) is 19.3 Å². The summed E-state index contributed by atoms with van der Waals surface area (Å²) in [5.74, 6) is -2.70. The van der Waals surface area contributed by atoms with Gasteiger partial charge in [-0.15, -0.1) is 0 Å². The Morgan fingerprint density at radius 1 is 1.07 bits per heavy atom. The average molecular weight is 384 g/mol. The molecule has 0 aromatic heterocycles. The number of hydrogen-bond donors (Lipinski definition) is 1. The molecule has 1 aliphatic carbocycles. The number of carbonyl (C=O) groups is 4. The van der Waals surface area contributed by atoms with E-state index in [2.05, 4.69) is 5.32 Å². The maximum atomic E-state index is 12.5. The second kappa shape index (κ2) is 8.37. The van der Waals surface area contributed by atoms with E-state index in [1.807, 2.05) is 49.4 Å². The highest BCUT2D eigenvalue weighted by molar-refractivity contribution is 6.08. The van der Waals surface area contributed by atoms with Gasteiger partial charge in [-0.05, 0) is 32.3 Å². The van der Waals surface area contributed by atoms with Gasteiger partial charge in [-0.25, -0.2) is 4.79 Å². The maximum absolute atomic E-state index is 12.5. The predicted octanol–water partition coefficient (Wildman–Crippen LogP) is 1.75. The van der Waals surface area contributed by atoms with Gasteiger partial charge in [-0.2, -0.15) is 0 Å². The summed E-state index contributed by atoms with van der Waals surface area (Å²) in [4.78, 5) is 50.4. The smallest absolute Gasteiger partial charge is 0.329 e. The van der Waals surface area contributed by atoms with Crippen LogP contribution in [0.4, 0.5) is 0 Å². The van der Waals surface area contributed by atoms with Crippen LogP contribution in [0.5, 0.6) is 0 Å². The molecule has 7 nitrogen and oxygen atoms in total. The second-order valence-corrected chi connectivity index (χ2v) is 7.19. The monoisotopic (exact) mass is 384 g/mol. The standard InChI is InChI=1S/C21H24N2O5/c1-13(15-8-4-3-5-9-15)22-18(24)12-28-21(27)14(2)23-19(25)16-10-6-7-11-17(16)20(23)26/h3-9,13-14,16-17H,10-12H2,1-2H3,(H,22,24)/t13-,14+,16+,17+/m1/s1. The topological polar surface area (TPSA) is 92.8 Å². The number of hydrogen-bond acceptors (Lipinski definition) is 5. The van der Waals surface area contributed by atoms with Crippen molar-refractivity contribution in [3.05, 3.63) is 48.0 Å². The van der Waals surface area contributed by atoms with Crippen LogP contribution >= 0.6 is 0 Å². The first-order valence-corrected chi connectivity index (χ1v) is 9.43. The minimum Gasteiger partial charge on any atom is -0.454 e. The van der Waals surface area contributed by atoms with E-state index in [-0.39, 0.29) is 17.9 Å². The van der Waals surface area contributed by atoms with Gasteiger partial charge in [-0.1, -0.05) is 42.5 Å². The molecule has 3 amide bonds. The molecule has 4 atom stereocenters. The van der Waals surface area contributed by atoms with E-state index in [1.165, 1.54) is 6.92 Å². The number of amides is 3. The van der Waals surface area contributed by atoms with E-state index in [0.717, 1.165) is 10.5 Å². The lowest BCUT2D eigenvalue weighted by Gasteiger charge is -2.21. The fraction of sp³-hybridized carbons (Fsp3) is 0.429. The number of carbonyl (C=O) groups excluding carboxylic acids is 4. The summed E-state index contributed by atoms with van der Waals surface area (Å²) in [6, 6.07) is 8.12. The van der Waals surface area contributed by atoms with Gasteiger partial charge in [0.05, 0.1) is 17.9 Å². The zero-order valence-electron chi connectivity index (χ0n) is 16.0. The minimum atomic E-state index is -1.05. The number of benzene rings is 1. The van der Waals surface area contributed by atoms with E-state index in [9.17, 15) is 19.2 Å². The van der Waals surface area contributed by atoms with Crippen molar-refractivity contribution in [2.24, 2.45) is 11.8 Å². The van der Waals surface area contributed by atoms with Crippen LogP contribution in [0.25, 0.3) is 0 Å². The summed E-state index contributed by atoms with van der Waals surface area (Å²) >= 11 is 0. The molecule has 0 spiro atoms. The van der Waals surface area contributed by atoms with E-state index < -0.39 is 36.4 Å². The van der Waals surface area contributed by atoms with Crippen molar-refractivity contribution in [1.82, 2.24) is 10.2 Å². The fourth-order valence-electron chi connectivity index (χ4n) is 3.68. The first-order chi connectivity index (χ1) is 13.4. The molecule has 7 heteroatoms. The Balaban J connectivity index is 1.52. The van der Waals surface area contributed by atoms with Crippen molar-refractivity contribution in [3.63, 3.8) is 0 Å². The third kappa shape index (κ3) is 3.98. The molecule has 0 bridgehead atoms. The number of rotatable bonds is 6. The van der Waals surface area contributed by atoms with Gasteiger partial charge in [0.1, 0.15) is 6.04 Å². The van der Waals surface area contributed by atoms with Crippen LogP contribution in [0, 0.1) is 11.8 Å². The predicted molar refractivity (Wildman–Crippen MR) is 101 cm³/mol. The Morgan fingerprint density at radius 2 is 1.64 bits per heavy atom. The van der Waals surface area contributed by atoms with Crippen molar-refractivity contribution in [2.45, 2.75) is 38.8 Å². The number of esters is 1. The van der Waals surface area contributed by atoms with Gasteiger partial charge in [0.25, 0.3) is 5.91 Å². The lowest BCUT2D eigenvalue weighted by Crippen LogP contribution is -2.45. The number of likely N-dealkylation sites (tertiary alicyclic amines) is 1. The average Bonchev–Trinajstić information content (AvgIpc) is 2.97. The Kier molecular flexibility index (Phi) is 5.92. The molecule has 1 aromatic rings. The Bertz CT molecular complexity index is 778. The highest BCUT2D eigenvalue weighted by atomic mass is 16.5. The van der Waals surface area contributed by atoms with Gasteiger partial charge in [0.15, 0.2) is 6.61 Å². The van der Waals surface area contributed by atoms with E-state index in [1.54, 1.807) is 0 Å². The summed E-state index contributed by atoms with van der Waals surface area (Å²) < 4.78 is 5.05. The van der Waals surface area contributed by atoms with Crippen LogP contribution in [0.3, 0.4) is 0 Å². The molecule has 3 rings (SSSR count). The number of imide groups is 1. The zero-order chi connectivity index (χ0) is 20.3. The van der Waals surface area contributed by atoms with Crippen molar-refractivity contribution in [2.75, 3.05) is 6.61 Å². The largest absolute Gasteiger partial charge is 0.454 e. The van der Waals surface area contributed by atoms with Crippen molar-refractivity contribution in [1.29, 1.82) is 0 Å². The molecule has 1 aromatic carbocycles. The van der Waals surface area contributed by atoms with Crippen LogP contribution in [0.15, 0.2) is 42.5 Å². The van der Waals surface area contributed by atoms with Gasteiger partial charge in [0, 0.05) is 0 Å². The van der Waals surface area contributed by atoms with Crippen LogP contribution in [-0.4, -0.2) is 41.2 Å². The molecule has 1 N–H and O–H groups in total. The van der Waals surface area contributed by atoms with Crippen LogP contribution in [0.1, 0.15) is 38.3 Å². The highest BCUT2D eigenvalue weighted by Crippen LogP contribution is 2.36. The summed E-state index contributed by atoms with van der Waals surface area (Å²) in [5.41, 5.74) is 0.931. The van der Waals surface area contributed by atoms with Gasteiger partial charge >= 0.3 is 5.97 Å². The van der Waals surface area contributed by atoms with Crippen molar-refractivity contribution in [3.8, 4) is 0 Å². The van der Waals surface area contributed by atoms with Gasteiger partial charge in [0.2, 0.25) is 11.8 Å². The Morgan fingerprint density at radius 3 is 2.21 bits per heavy atom. The fourth-order valence-corrected chi connectivity index (χ4v) is 3.68. The molecule has 1 fully saturated rings. The van der Waals surface area contributed by atoms with E-state index in [0.29, 0.717) is 12.8 Å². The Labute approximate surface area is 163 Å². The van der Waals surface area contributed by atoms with Crippen LogP contribution in [-0.2, 0) is 23.9 Å². The third-order valence-corrected chi connectivity index (χ3v) is 5.29. The lowest BCUT2D eigenvalue weighted by molar-refractivity contribution is -0.159. The highest BCUT2D eigenvalue weighted by Gasteiger charge is 2.50. The lowest BCUT2D eigenvalue weighted by atomic mass is 9.85. The number of ether oxygens (including phenoxy) is 1. The first-order valence-electron chi connectivity index (χ1n) is 9.43. The summed E-state index contributed by atoms with van der Waals surface area (Å²) in [6.45, 7) is 2.81. The number of fused-ring (bicyclic) bond motifs is 1. The van der Waals surface area contributed by atoms with Crippen molar-refractivity contribution < 1.29 is 23.9 Å². The zero-order valence-corrected chi connectivity index (χ0v) is 16.0. The molecule has 1 heterocycles. The normalized spacial score (nSPS) is 23.1. The molecule has 148 valence electrons. The second-order valence-electron chi connectivity index (χ2n) is 7.19. The third-order valence-electron chi connectivity index (χ3n) is 5.29. The minimum absolute atomic E-state index is 0.234. The SMILES string of the molecule is C[C@@H](NC(=O)COC(=O)[C@H](C)N1C(=O)[C@H]2CC=CC[C@@H]2C1=O)c1ccccc1. The summed E-state index contributed by atoms with van der Waals surface area (Å²) in [5, 5.41) is 2.75. The maximum Gasteiger partial charge on any atom is 0.329 e. The molecule has 2 aliphatic rings. The number of nitrogens with one attached hydrogen (secondary N) is 1.